The Bertz CT molecular complexity index is 490. The fourth-order valence-corrected chi connectivity index (χ4v) is 2.85. The van der Waals surface area contributed by atoms with Crippen molar-refractivity contribution < 1.29 is 23.1 Å². The van der Waals surface area contributed by atoms with E-state index in [1.54, 1.807) is 18.2 Å². The smallest absolute Gasteiger partial charge is 0.396 e. The van der Waals surface area contributed by atoms with Gasteiger partial charge in [-0.3, -0.25) is 4.79 Å². The molecule has 1 amide bonds. The van der Waals surface area contributed by atoms with Crippen LogP contribution in [0, 0.1) is 5.92 Å². The highest BCUT2D eigenvalue weighted by Crippen LogP contribution is 2.38. The fourth-order valence-electron chi connectivity index (χ4n) is 2.85. The standard InChI is InChI=1S/C16H20F3NO2/c17-16(18,19)14(13-6-2-1-3-7-13)9-15(22)20-8-4-5-12(10-20)11-21/h1-3,6-7,12,14,21H,4-5,8-11H2. The molecule has 2 unspecified atom stereocenters. The largest absolute Gasteiger partial charge is 0.396 e. The van der Waals surface area contributed by atoms with Gasteiger partial charge >= 0.3 is 6.18 Å². The maximum absolute atomic E-state index is 13.3. The summed E-state index contributed by atoms with van der Waals surface area (Å²) in [6, 6.07) is 7.54. The summed E-state index contributed by atoms with van der Waals surface area (Å²) in [7, 11) is 0. The van der Waals surface area contributed by atoms with Gasteiger partial charge in [0.15, 0.2) is 0 Å². The van der Waals surface area contributed by atoms with Crippen molar-refractivity contribution in [2.24, 2.45) is 5.92 Å². The van der Waals surface area contributed by atoms with Gasteiger partial charge in [0.25, 0.3) is 0 Å². The van der Waals surface area contributed by atoms with Crippen LogP contribution in [-0.4, -0.2) is 41.8 Å². The molecule has 122 valence electrons. The molecule has 1 aliphatic heterocycles. The Morgan fingerprint density at radius 2 is 2.00 bits per heavy atom. The van der Waals surface area contributed by atoms with Gasteiger partial charge in [0, 0.05) is 26.1 Å². The van der Waals surface area contributed by atoms with E-state index in [-0.39, 0.29) is 18.1 Å². The quantitative estimate of drug-likeness (QED) is 0.928. The number of hydrogen-bond acceptors (Lipinski definition) is 2. The van der Waals surface area contributed by atoms with Crippen molar-refractivity contribution in [3.8, 4) is 0 Å². The van der Waals surface area contributed by atoms with Gasteiger partial charge in [-0.1, -0.05) is 30.3 Å². The fraction of sp³-hybridized carbons (Fsp3) is 0.562. The van der Waals surface area contributed by atoms with Crippen molar-refractivity contribution in [2.75, 3.05) is 19.7 Å². The number of aliphatic hydroxyl groups is 1. The number of hydrogen-bond donors (Lipinski definition) is 1. The first-order chi connectivity index (χ1) is 10.4. The van der Waals surface area contributed by atoms with E-state index in [4.69, 9.17) is 5.11 Å². The molecule has 0 bridgehead atoms. The topological polar surface area (TPSA) is 40.5 Å². The Morgan fingerprint density at radius 3 is 2.59 bits per heavy atom. The Hall–Kier alpha value is -1.56. The maximum atomic E-state index is 13.3. The minimum atomic E-state index is -4.46. The number of piperidine rings is 1. The van der Waals surface area contributed by atoms with E-state index >= 15 is 0 Å². The predicted molar refractivity (Wildman–Crippen MR) is 76.2 cm³/mol. The van der Waals surface area contributed by atoms with E-state index in [9.17, 15) is 18.0 Å². The first-order valence-corrected chi connectivity index (χ1v) is 7.42. The molecule has 0 saturated carbocycles. The number of carbonyl (C=O) groups excluding carboxylic acids is 1. The number of likely N-dealkylation sites (tertiary alicyclic amines) is 1. The van der Waals surface area contributed by atoms with Crippen molar-refractivity contribution in [3.05, 3.63) is 35.9 Å². The summed E-state index contributed by atoms with van der Waals surface area (Å²) in [4.78, 5) is 13.7. The Kier molecular flexibility index (Phi) is 5.45. The van der Waals surface area contributed by atoms with E-state index in [1.165, 1.54) is 17.0 Å². The van der Waals surface area contributed by atoms with Gasteiger partial charge in [0.1, 0.15) is 0 Å². The lowest BCUT2D eigenvalue weighted by molar-refractivity contribution is -0.161. The zero-order valence-corrected chi connectivity index (χ0v) is 12.2. The number of halogens is 3. The third-order valence-electron chi connectivity index (χ3n) is 4.11. The molecule has 1 N–H and O–H groups in total. The molecule has 0 aromatic heterocycles. The summed E-state index contributed by atoms with van der Waals surface area (Å²) in [5, 5.41) is 9.16. The van der Waals surface area contributed by atoms with Crippen LogP contribution in [-0.2, 0) is 4.79 Å². The molecule has 1 aromatic carbocycles. The average molecular weight is 315 g/mol. The lowest BCUT2D eigenvalue weighted by atomic mass is 9.93. The zero-order chi connectivity index (χ0) is 16.2. The molecule has 1 heterocycles. The van der Waals surface area contributed by atoms with Crippen LogP contribution in [0.5, 0.6) is 0 Å². The molecule has 2 atom stereocenters. The van der Waals surface area contributed by atoms with Crippen LogP contribution >= 0.6 is 0 Å². The van der Waals surface area contributed by atoms with Crippen LogP contribution in [0.2, 0.25) is 0 Å². The lowest BCUT2D eigenvalue weighted by Gasteiger charge is -2.33. The molecule has 0 spiro atoms. The summed E-state index contributed by atoms with van der Waals surface area (Å²) >= 11 is 0. The van der Waals surface area contributed by atoms with Crippen LogP contribution in [0.25, 0.3) is 0 Å². The summed E-state index contributed by atoms with van der Waals surface area (Å²) in [5.41, 5.74) is 0.110. The SMILES string of the molecule is O=C(CC(c1ccccc1)C(F)(F)F)N1CCCC(CO)C1. The molecule has 6 heteroatoms. The minimum absolute atomic E-state index is 0.0289. The van der Waals surface area contributed by atoms with Crippen molar-refractivity contribution in [1.82, 2.24) is 4.90 Å². The first-order valence-electron chi connectivity index (χ1n) is 7.42. The molecular weight excluding hydrogens is 295 g/mol. The number of rotatable bonds is 4. The van der Waals surface area contributed by atoms with Crippen molar-refractivity contribution in [2.45, 2.75) is 31.4 Å². The van der Waals surface area contributed by atoms with Gasteiger partial charge in [-0.25, -0.2) is 0 Å². The molecule has 2 rings (SSSR count). The summed E-state index contributed by atoms with van der Waals surface area (Å²) in [6.07, 6.45) is -3.50. The summed E-state index contributed by atoms with van der Waals surface area (Å²) < 4.78 is 39.8. The Labute approximate surface area is 127 Å². The van der Waals surface area contributed by atoms with Gasteiger partial charge in [-0.05, 0) is 24.3 Å². The molecule has 22 heavy (non-hydrogen) atoms. The van der Waals surface area contributed by atoms with Crippen LogP contribution in [0.15, 0.2) is 30.3 Å². The highest BCUT2D eigenvalue weighted by Gasteiger charge is 2.42. The van der Waals surface area contributed by atoms with Crippen LogP contribution < -0.4 is 0 Å². The van der Waals surface area contributed by atoms with Crippen molar-refractivity contribution in [3.63, 3.8) is 0 Å². The summed E-state index contributed by atoms with van der Waals surface area (Å²) in [6.45, 7) is 0.772. The Balaban J connectivity index is 2.09. The second kappa shape index (κ2) is 7.13. The van der Waals surface area contributed by atoms with Crippen molar-refractivity contribution in [1.29, 1.82) is 0 Å². The van der Waals surface area contributed by atoms with Gasteiger partial charge in [-0.15, -0.1) is 0 Å². The number of carbonyl (C=O) groups is 1. The predicted octanol–water partition coefficient (Wildman–Crippen LogP) is 2.95. The van der Waals surface area contributed by atoms with Gasteiger partial charge < -0.3 is 10.0 Å². The van der Waals surface area contributed by atoms with Crippen LogP contribution in [0.1, 0.15) is 30.7 Å². The molecule has 1 saturated heterocycles. The average Bonchev–Trinajstić information content (AvgIpc) is 2.52. The number of nitrogens with zero attached hydrogens (tertiary/aromatic N) is 1. The highest BCUT2D eigenvalue weighted by atomic mass is 19.4. The third-order valence-corrected chi connectivity index (χ3v) is 4.11. The first kappa shape index (κ1) is 16.8. The van der Waals surface area contributed by atoms with Crippen molar-refractivity contribution >= 4 is 5.91 Å². The number of amides is 1. The second-order valence-electron chi connectivity index (χ2n) is 5.74. The van der Waals surface area contributed by atoms with E-state index in [0.29, 0.717) is 13.1 Å². The molecule has 3 nitrogen and oxygen atoms in total. The van der Waals surface area contributed by atoms with E-state index in [2.05, 4.69) is 0 Å². The third kappa shape index (κ3) is 4.22. The van der Waals surface area contributed by atoms with Gasteiger partial charge in [-0.2, -0.15) is 13.2 Å². The normalized spacial score (nSPS) is 20.7. The van der Waals surface area contributed by atoms with Gasteiger partial charge in [0.05, 0.1) is 5.92 Å². The van der Waals surface area contributed by atoms with E-state index in [1.807, 2.05) is 0 Å². The molecule has 0 aliphatic carbocycles. The van der Waals surface area contributed by atoms with Crippen LogP contribution in [0.4, 0.5) is 13.2 Å². The monoisotopic (exact) mass is 315 g/mol. The van der Waals surface area contributed by atoms with E-state index < -0.39 is 24.4 Å². The van der Waals surface area contributed by atoms with Gasteiger partial charge in [0.2, 0.25) is 5.91 Å². The summed E-state index contributed by atoms with van der Waals surface area (Å²) in [5.74, 6) is -2.31. The highest BCUT2D eigenvalue weighted by molar-refractivity contribution is 5.77. The molecule has 0 radical (unpaired) electrons. The lowest BCUT2D eigenvalue weighted by Crippen LogP contribution is -2.42. The number of aliphatic hydroxyl groups excluding tert-OH is 1. The molecule has 1 aromatic rings. The Morgan fingerprint density at radius 1 is 1.32 bits per heavy atom. The van der Waals surface area contributed by atoms with E-state index in [0.717, 1.165) is 12.8 Å². The zero-order valence-electron chi connectivity index (χ0n) is 12.2. The van der Waals surface area contributed by atoms with Crippen LogP contribution in [0.3, 0.4) is 0 Å². The molecule has 1 fully saturated rings. The number of benzene rings is 1. The molecule has 1 aliphatic rings. The number of alkyl halides is 3. The minimum Gasteiger partial charge on any atom is -0.396 e. The molecular formula is C16H20F3NO2. The second-order valence-corrected chi connectivity index (χ2v) is 5.74. The maximum Gasteiger partial charge on any atom is 0.396 e.